The summed E-state index contributed by atoms with van der Waals surface area (Å²) in [6.07, 6.45) is 0. The van der Waals surface area contributed by atoms with Gasteiger partial charge < -0.3 is 15.0 Å². The van der Waals surface area contributed by atoms with E-state index in [1.165, 1.54) is 0 Å². The third kappa shape index (κ3) is 2.79. The second-order valence-electron chi connectivity index (χ2n) is 5.06. The molecule has 0 saturated heterocycles. The molecule has 0 fully saturated rings. The van der Waals surface area contributed by atoms with E-state index in [1.54, 1.807) is 19.2 Å². The maximum atomic E-state index is 12.3. The minimum Gasteiger partial charge on any atom is -0.496 e. The maximum Gasteiger partial charge on any atom is 0.255 e. The van der Waals surface area contributed by atoms with Gasteiger partial charge in [-0.05, 0) is 36.8 Å². The predicted octanol–water partition coefficient (Wildman–Crippen LogP) is 2.81. The van der Waals surface area contributed by atoms with Crippen molar-refractivity contribution in [1.29, 1.82) is 0 Å². The topological polar surface area (TPSA) is 67.0 Å². The molecule has 1 aromatic heterocycles. The molecule has 0 radical (unpaired) electrons. The van der Waals surface area contributed by atoms with E-state index in [2.05, 4.69) is 15.3 Å². The van der Waals surface area contributed by atoms with E-state index in [9.17, 15) is 4.79 Å². The molecule has 5 heteroatoms. The van der Waals surface area contributed by atoms with Crippen LogP contribution in [0.25, 0.3) is 11.0 Å². The molecule has 0 spiro atoms. The molecule has 0 saturated carbocycles. The zero-order valence-corrected chi connectivity index (χ0v) is 12.5. The van der Waals surface area contributed by atoms with E-state index in [4.69, 9.17) is 4.74 Å². The molecule has 5 nitrogen and oxygen atoms in total. The number of para-hydroxylation sites is 1. The molecule has 2 N–H and O–H groups in total. The molecule has 2 aromatic carbocycles. The number of amides is 1. The second-order valence-corrected chi connectivity index (χ2v) is 5.06. The number of hydrogen-bond donors (Lipinski definition) is 2. The van der Waals surface area contributed by atoms with Crippen LogP contribution in [0.3, 0.4) is 0 Å². The average Bonchev–Trinajstić information content (AvgIpc) is 2.91. The Morgan fingerprint density at radius 2 is 2.09 bits per heavy atom. The summed E-state index contributed by atoms with van der Waals surface area (Å²) in [5.41, 5.74) is 3.45. The van der Waals surface area contributed by atoms with Gasteiger partial charge in [0.1, 0.15) is 11.6 Å². The van der Waals surface area contributed by atoms with Crippen LogP contribution in [-0.4, -0.2) is 23.0 Å². The first kappa shape index (κ1) is 14.1. The number of nitrogens with zero attached hydrogens (tertiary/aromatic N) is 1. The lowest BCUT2D eigenvalue weighted by molar-refractivity contribution is 0.0948. The van der Waals surface area contributed by atoms with Crippen molar-refractivity contribution >= 4 is 16.9 Å². The molecule has 0 aliphatic heterocycles. The van der Waals surface area contributed by atoms with Gasteiger partial charge in [0.2, 0.25) is 0 Å². The number of aryl methyl sites for hydroxylation is 1. The molecule has 0 aliphatic rings. The Kier molecular flexibility index (Phi) is 3.78. The lowest BCUT2D eigenvalue weighted by Gasteiger charge is -2.09. The summed E-state index contributed by atoms with van der Waals surface area (Å²) >= 11 is 0. The fourth-order valence-corrected chi connectivity index (χ4v) is 2.40. The number of aromatic nitrogens is 2. The number of benzene rings is 2. The van der Waals surface area contributed by atoms with E-state index in [0.717, 1.165) is 22.4 Å². The van der Waals surface area contributed by atoms with E-state index in [-0.39, 0.29) is 5.91 Å². The Hall–Kier alpha value is -2.82. The van der Waals surface area contributed by atoms with Gasteiger partial charge in [0.25, 0.3) is 5.91 Å². The molecule has 0 aliphatic carbocycles. The fourth-order valence-electron chi connectivity index (χ4n) is 2.40. The third-order valence-corrected chi connectivity index (χ3v) is 3.47. The number of nitrogens with one attached hydrogen (secondary N) is 2. The van der Waals surface area contributed by atoms with Gasteiger partial charge in [-0.15, -0.1) is 0 Å². The highest BCUT2D eigenvalue weighted by Gasteiger charge is 2.11. The standard InChI is InChI=1S/C17H17N3O2/c1-11-19-14-8-7-12(9-15(14)20-11)10-18-17(21)13-5-3-4-6-16(13)22-2/h3-9H,10H2,1-2H3,(H,18,21)(H,19,20). The first-order valence-corrected chi connectivity index (χ1v) is 7.04. The minimum absolute atomic E-state index is 0.154. The number of ether oxygens (including phenoxy) is 1. The van der Waals surface area contributed by atoms with Gasteiger partial charge in [-0.3, -0.25) is 4.79 Å². The monoisotopic (exact) mass is 295 g/mol. The molecular weight excluding hydrogens is 278 g/mol. The first-order valence-electron chi connectivity index (χ1n) is 7.04. The van der Waals surface area contributed by atoms with E-state index >= 15 is 0 Å². The van der Waals surface area contributed by atoms with Crippen molar-refractivity contribution in [2.75, 3.05) is 7.11 Å². The summed E-state index contributed by atoms with van der Waals surface area (Å²) in [5.74, 6) is 1.29. The number of aromatic amines is 1. The molecular formula is C17H17N3O2. The number of imidazole rings is 1. The summed E-state index contributed by atoms with van der Waals surface area (Å²) in [5, 5.41) is 2.91. The Morgan fingerprint density at radius 3 is 2.91 bits per heavy atom. The second kappa shape index (κ2) is 5.89. The Bertz CT molecular complexity index is 824. The fraction of sp³-hybridized carbons (Fsp3) is 0.176. The quantitative estimate of drug-likeness (QED) is 0.777. The largest absolute Gasteiger partial charge is 0.496 e. The van der Waals surface area contributed by atoms with Gasteiger partial charge in [0.15, 0.2) is 0 Å². The summed E-state index contributed by atoms with van der Waals surface area (Å²) < 4.78 is 5.20. The molecule has 1 amide bonds. The van der Waals surface area contributed by atoms with Crippen LogP contribution in [0.1, 0.15) is 21.7 Å². The number of methoxy groups -OCH3 is 1. The van der Waals surface area contributed by atoms with Crippen LogP contribution in [-0.2, 0) is 6.54 Å². The average molecular weight is 295 g/mol. The van der Waals surface area contributed by atoms with Gasteiger partial charge in [-0.1, -0.05) is 18.2 Å². The van der Waals surface area contributed by atoms with Crippen molar-refractivity contribution < 1.29 is 9.53 Å². The van der Waals surface area contributed by atoms with E-state index < -0.39 is 0 Å². The van der Waals surface area contributed by atoms with Crippen molar-refractivity contribution in [1.82, 2.24) is 15.3 Å². The van der Waals surface area contributed by atoms with Crippen molar-refractivity contribution in [3.63, 3.8) is 0 Å². The Balaban J connectivity index is 1.74. The molecule has 3 aromatic rings. The van der Waals surface area contributed by atoms with Crippen LogP contribution in [0.2, 0.25) is 0 Å². The van der Waals surface area contributed by atoms with Crippen LogP contribution in [0, 0.1) is 6.92 Å². The molecule has 0 bridgehead atoms. The van der Waals surface area contributed by atoms with Gasteiger partial charge in [0.05, 0.1) is 23.7 Å². The number of hydrogen-bond acceptors (Lipinski definition) is 3. The van der Waals surface area contributed by atoms with E-state index in [0.29, 0.717) is 17.9 Å². The Labute approximate surface area is 128 Å². The van der Waals surface area contributed by atoms with Crippen molar-refractivity contribution in [3.8, 4) is 5.75 Å². The van der Waals surface area contributed by atoms with Gasteiger partial charge >= 0.3 is 0 Å². The van der Waals surface area contributed by atoms with Crippen molar-refractivity contribution in [2.24, 2.45) is 0 Å². The first-order chi connectivity index (χ1) is 10.7. The number of carbonyl (C=O) groups is 1. The SMILES string of the molecule is COc1ccccc1C(=O)NCc1ccc2nc(C)[nH]c2c1. The van der Waals surface area contributed by atoms with Crippen molar-refractivity contribution in [2.45, 2.75) is 13.5 Å². The van der Waals surface area contributed by atoms with Gasteiger partial charge in [-0.25, -0.2) is 4.98 Å². The summed E-state index contributed by atoms with van der Waals surface area (Å²) in [7, 11) is 1.56. The lowest BCUT2D eigenvalue weighted by atomic mass is 10.1. The molecule has 0 unspecified atom stereocenters. The number of rotatable bonds is 4. The summed E-state index contributed by atoms with van der Waals surface area (Å²) in [6.45, 7) is 2.37. The summed E-state index contributed by atoms with van der Waals surface area (Å²) in [6, 6.07) is 13.1. The van der Waals surface area contributed by atoms with Crippen LogP contribution in [0.5, 0.6) is 5.75 Å². The minimum atomic E-state index is -0.154. The van der Waals surface area contributed by atoms with Crippen LogP contribution in [0.15, 0.2) is 42.5 Å². The van der Waals surface area contributed by atoms with Gasteiger partial charge in [-0.2, -0.15) is 0 Å². The van der Waals surface area contributed by atoms with E-state index in [1.807, 2.05) is 37.3 Å². The molecule has 3 rings (SSSR count). The Morgan fingerprint density at radius 1 is 1.27 bits per heavy atom. The number of fused-ring (bicyclic) bond motifs is 1. The summed E-state index contributed by atoms with van der Waals surface area (Å²) in [4.78, 5) is 19.8. The smallest absolute Gasteiger partial charge is 0.255 e. The predicted molar refractivity (Wildman–Crippen MR) is 85.0 cm³/mol. The zero-order chi connectivity index (χ0) is 15.5. The van der Waals surface area contributed by atoms with Gasteiger partial charge in [0, 0.05) is 6.54 Å². The molecule has 1 heterocycles. The molecule has 0 atom stereocenters. The van der Waals surface area contributed by atoms with Crippen LogP contribution < -0.4 is 10.1 Å². The lowest BCUT2D eigenvalue weighted by Crippen LogP contribution is -2.23. The molecule has 22 heavy (non-hydrogen) atoms. The highest BCUT2D eigenvalue weighted by atomic mass is 16.5. The third-order valence-electron chi connectivity index (χ3n) is 3.47. The molecule has 112 valence electrons. The highest BCUT2D eigenvalue weighted by Crippen LogP contribution is 2.17. The highest BCUT2D eigenvalue weighted by molar-refractivity contribution is 5.96. The number of carbonyl (C=O) groups excluding carboxylic acids is 1. The zero-order valence-electron chi connectivity index (χ0n) is 12.5. The normalized spacial score (nSPS) is 10.6. The number of H-pyrrole nitrogens is 1. The van der Waals surface area contributed by atoms with Crippen LogP contribution >= 0.6 is 0 Å². The van der Waals surface area contributed by atoms with Crippen molar-refractivity contribution in [3.05, 3.63) is 59.4 Å². The van der Waals surface area contributed by atoms with Crippen LogP contribution in [0.4, 0.5) is 0 Å². The maximum absolute atomic E-state index is 12.3.